The van der Waals surface area contributed by atoms with Gasteiger partial charge in [0.15, 0.2) is 0 Å². The van der Waals surface area contributed by atoms with Crippen molar-refractivity contribution in [2.45, 2.75) is 32.9 Å². The third kappa shape index (κ3) is 4.28. The molecule has 0 saturated heterocycles. The average Bonchev–Trinajstić information content (AvgIpc) is 2.46. The second-order valence-electron chi connectivity index (χ2n) is 5.52. The second-order valence-corrected chi connectivity index (χ2v) is 5.52. The van der Waals surface area contributed by atoms with E-state index in [0.29, 0.717) is 11.8 Å². The highest BCUT2D eigenvalue weighted by atomic mass is 19.1. The van der Waals surface area contributed by atoms with Crippen molar-refractivity contribution in [2.75, 3.05) is 0 Å². The SMILES string of the molecule is CC(C)Oc1ccccc1[C@H](C)NC(=O)c1ccc(F)cc1F. The normalized spacial score (nSPS) is 12.1. The Bertz CT molecular complexity index is 701. The monoisotopic (exact) mass is 319 g/mol. The Labute approximate surface area is 134 Å². The molecule has 0 unspecified atom stereocenters. The third-order valence-corrected chi connectivity index (χ3v) is 3.27. The van der Waals surface area contributed by atoms with Crippen LogP contribution < -0.4 is 10.1 Å². The van der Waals surface area contributed by atoms with Crippen LogP contribution in [0.25, 0.3) is 0 Å². The Hall–Kier alpha value is -2.43. The molecule has 0 aliphatic carbocycles. The number of para-hydroxylation sites is 1. The van der Waals surface area contributed by atoms with E-state index in [2.05, 4.69) is 5.32 Å². The number of halogens is 2. The minimum absolute atomic E-state index is 0.00593. The Morgan fingerprint density at radius 3 is 2.43 bits per heavy atom. The Morgan fingerprint density at radius 2 is 1.78 bits per heavy atom. The van der Waals surface area contributed by atoms with E-state index < -0.39 is 17.5 Å². The van der Waals surface area contributed by atoms with Crippen LogP contribution >= 0.6 is 0 Å². The van der Waals surface area contributed by atoms with E-state index in [0.717, 1.165) is 17.7 Å². The predicted molar refractivity (Wildman–Crippen MR) is 84.4 cm³/mol. The van der Waals surface area contributed by atoms with Crippen LogP contribution in [0.4, 0.5) is 8.78 Å². The molecule has 23 heavy (non-hydrogen) atoms. The minimum Gasteiger partial charge on any atom is -0.491 e. The van der Waals surface area contributed by atoms with Gasteiger partial charge >= 0.3 is 0 Å². The number of benzene rings is 2. The van der Waals surface area contributed by atoms with Crippen molar-refractivity contribution in [2.24, 2.45) is 0 Å². The minimum atomic E-state index is -0.888. The van der Waals surface area contributed by atoms with Crippen LogP contribution in [0.5, 0.6) is 5.75 Å². The van der Waals surface area contributed by atoms with Gasteiger partial charge in [0.05, 0.1) is 17.7 Å². The van der Waals surface area contributed by atoms with Gasteiger partial charge in [0, 0.05) is 11.6 Å². The molecule has 0 saturated carbocycles. The summed E-state index contributed by atoms with van der Waals surface area (Å²) in [5.74, 6) is -1.55. The molecule has 0 fully saturated rings. The highest BCUT2D eigenvalue weighted by Gasteiger charge is 2.18. The summed E-state index contributed by atoms with van der Waals surface area (Å²) in [5, 5.41) is 2.71. The molecule has 0 aliphatic rings. The van der Waals surface area contributed by atoms with E-state index in [1.54, 1.807) is 6.92 Å². The molecule has 1 amide bonds. The van der Waals surface area contributed by atoms with Crippen LogP contribution in [-0.4, -0.2) is 12.0 Å². The van der Waals surface area contributed by atoms with Gasteiger partial charge in [-0.1, -0.05) is 18.2 Å². The number of amides is 1. The first kappa shape index (κ1) is 16.9. The number of hydrogen-bond acceptors (Lipinski definition) is 2. The lowest BCUT2D eigenvalue weighted by Crippen LogP contribution is -2.28. The maximum atomic E-state index is 13.7. The van der Waals surface area contributed by atoms with E-state index in [-0.39, 0.29) is 17.7 Å². The molecule has 5 heteroatoms. The van der Waals surface area contributed by atoms with Crippen molar-refractivity contribution in [3.63, 3.8) is 0 Å². The molecule has 2 aromatic carbocycles. The summed E-state index contributed by atoms with van der Waals surface area (Å²) in [6.45, 7) is 5.60. The van der Waals surface area contributed by atoms with E-state index in [1.807, 2.05) is 38.1 Å². The number of nitrogens with one attached hydrogen (secondary N) is 1. The fourth-order valence-corrected chi connectivity index (χ4v) is 2.23. The Balaban J connectivity index is 2.18. The first-order valence-corrected chi connectivity index (χ1v) is 7.40. The Kier molecular flexibility index (Phi) is 5.32. The highest BCUT2D eigenvalue weighted by Crippen LogP contribution is 2.26. The fourth-order valence-electron chi connectivity index (χ4n) is 2.23. The largest absolute Gasteiger partial charge is 0.491 e. The fraction of sp³-hybridized carbons (Fsp3) is 0.278. The van der Waals surface area contributed by atoms with Gasteiger partial charge in [0.1, 0.15) is 17.4 Å². The van der Waals surface area contributed by atoms with Gasteiger partial charge in [0.25, 0.3) is 5.91 Å². The number of ether oxygens (including phenoxy) is 1. The summed E-state index contributed by atoms with van der Waals surface area (Å²) < 4.78 is 32.3. The second kappa shape index (κ2) is 7.22. The summed E-state index contributed by atoms with van der Waals surface area (Å²) in [6, 6.07) is 9.82. The summed E-state index contributed by atoms with van der Waals surface area (Å²) >= 11 is 0. The van der Waals surface area contributed by atoms with E-state index in [4.69, 9.17) is 4.74 Å². The molecule has 0 bridgehead atoms. The van der Waals surface area contributed by atoms with Crippen LogP contribution in [0.2, 0.25) is 0 Å². The van der Waals surface area contributed by atoms with Gasteiger partial charge in [-0.2, -0.15) is 0 Å². The zero-order valence-corrected chi connectivity index (χ0v) is 13.3. The van der Waals surface area contributed by atoms with Gasteiger partial charge in [-0.15, -0.1) is 0 Å². The van der Waals surface area contributed by atoms with Crippen molar-refractivity contribution >= 4 is 5.91 Å². The van der Waals surface area contributed by atoms with Crippen molar-refractivity contribution in [1.29, 1.82) is 0 Å². The van der Waals surface area contributed by atoms with Crippen LogP contribution in [0.3, 0.4) is 0 Å². The molecule has 0 aromatic heterocycles. The Morgan fingerprint density at radius 1 is 1.09 bits per heavy atom. The van der Waals surface area contributed by atoms with Crippen LogP contribution in [0.15, 0.2) is 42.5 Å². The van der Waals surface area contributed by atoms with Gasteiger partial charge in [-0.3, -0.25) is 4.79 Å². The molecule has 0 radical (unpaired) electrons. The van der Waals surface area contributed by atoms with Crippen molar-refractivity contribution in [1.82, 2.24) is 5.32 Å². The van der Waals surface area contributed by atoms with Gasteiger partial charge < -0.3 is 10.1 Å². The molecule has 0 spiro atoms. The lowest BCUT2D eigenvalue weighted by Gasteiger charge is -2.20. The maximum Gasteiger partial charge on any atom is 0.254 e. The maximum absolute atomic E-state index is 13.7. The van der Waals surface area contributed by atoms with E-state index in [1.165, 1.54) is 0 Å². The molecule has 1 atom stereocenters. The van der Waals surface area contributed by atoms with Gasteiger partial charge in [-0.05, 0) is 39.0 Å². The topological polar surface area (TPSA) is 38.3 Å². The molecule has 122 valence electrons. The van der Waals surface area contributed by atoms with Gasteiger partial charge in [-0.25, -0.2) is 8.78 Å². The highest BCUT2D eigenvalue weighted by molar-refractivity contribution is 5.94. The summed E-state index contributed by atoms with van der Waals surface area (Å²) in [5.41, 5.74) is 0.595. The standard InChI is InChI=1S/C18H19F2NO2/c1-11(2)23-17-7-5-4-6-14(17)12(3)21-18(22)15-9-8-13(19)10-16(15)20/h4-12H,1-3H3,(H,21,22)/t12-/m0/s1. The number of carbonyl (C=O) groups is 1. The van der Waals surface area contributed by atoms with Gasteiger partial charge in [0.2, 0.25) is 0 Å². The first-order valence-electron chi connectivity index (χ1n) is 7.40. The molecule has 0 aliphatic heterocycles. The smallest absolute Gasteiger partial charge is 0.254 e. The average molecular weight is 319 g/mol. The zero-order chi connectivity index (χ0) is 17.0. The lowest BCUT2D eigenvalue weighted by molar-refractivity contribution is 0.0935. The van der Waals surface area contributed by atoms with E-state index >= 15 is 0 Å². The van der Waals surface area contributed by atoms with Crippen LogP contribution in [0, 0.1) is 11.6 Å². The quantitative estimate of drug-likeness (QED) is 0.895. The zero-order valence-electron chi connectivity index (χ0n) is 13.3. The molecule has 1 N–H and O–H groups in total. The third-order valence-electron chi connectivity index (χ3n) is 3.27. The molecule has 2 aromatic rings. The molecule has 2 rings (SSSR count). The van der Waals surface area contributed by atoms with Crippen molar-refractivity contribution < 1.29 is 18.3 Å². The lowest BCUT2D eigenvalue weighted by atomic mass is 10.1. The molecular formula is C18H19F2NO2. The number of hydrogen-bond donors (Lipinski definition) is 1. The summed E-state index contributed by atoms with van der Waals surface area (Å²) in [4.78, 5) is 12.2. The summed E-state index contributed by atoms with van der Waals surface area (Å²) in [6.07, 6.45) is -0.00593. The first-order chi connectivity index (χ1) is 10.9. The van der Waals surface area contributed by atoms with E-state index in [9.17, 15) is 13.6 Å². The molecule has 3 nitrogen and oxygen atoms in total. The number of carbonyl (C=O) groups excluding carboxylic acids is 1. The van der Waals surface area contributed by atoms with Crippen LogP contribution in [-0.2, 0) is 0 Å². The number of rotatable bonds is 5. The van der Waals surface area contributed by atoms with Crippen molar-refractivity contribution in [3.05, 3.63) is 65.2 Å². The molecule has 0 heterocycles. The summed E-state index contributed by atoms with van der Waals surface area (Å²) in [7, 11) is 0. The van der Waals surface area contributed by atoms with Crippen LogP contribution in [0.1, 0.15) is 42.7 Å². The molecular weight excluding hydrogens is 300 g/mol. The predicted octanol–water partition coefficient (Wildman–Crippen LogP) is 4.24. The van der Waals surface area contributed by atoms with Crippen molar-refractivity contribution in [3.8, 4) is 5.75 Å².